The summed E-state index contributed by atoms with van der Waals surface area (Å²) in [4.78, 5) is 16.7. The third-order valence-corrected chi connectivity index (χ3v) is 4.18. The van der Waals surface area contributed by atoms with Crippen molar-refractivity contribution in [2.45, 2.75) is 51.3 Å². The molecule has 2 aliphatic rings. The summed E-state index contributed by atoms with van der Waals surface area (Å²) < 4.78 is 0. The Labute approximate surface area is 115 Å². The number of carbonyl (C=O) groups excluding carboxylic acids is 1. The molecule has 2 N–H and O–H groups in total. The molecule has 5 heteroatoms. The molecule has 110 valence electrons. The van der Waals surface area contributed by atoms with Crippen molar-refractivity contribution in [3.63, 3.8) is 0 Å². The van der Waals surface area contributed by atoms with E-state index < -0.39 is 0 Å². The Morgan fingerprint density at radius 2 is 2.21 bits per heavy atom. The number of piperazine rings is 1. The number of hydrogen-bond acceptors (Lipinski definition) is 4. The van der Waals surface area contributed by atoms with Gasteiger partial charge in [0.2, 0.25) is 5.91 Å². The zero-order valence-electron chi connectivity index (χ0n) is 12.1. The third kappa shape index (κ3) is 3.91. The zero-order chi connectivity index (χ0) is 13.8. The van der Waals surface area contributed by atoms with Crippen molar-refractivity contribution < 1.29 is 9.90 Å². The van der Waals surface area contributed by atoms with Crippen molar-refractivity contribution in [3.05, 3.63) is 0 Å². The van der Waals surface area contributed by atoms with Gasteiger partial charge in [-0.1, -0.05) is 6.42 Å². The van der Waals surface area contributed by atoms with Crippen LogP contribution in [-0.4, -0.2) is 71.7 Å². The number of hydrogen-bond donors (Lipinski definition) is 2. The highest BCUT2D eigenvalue weighted by atomic mass is 16.3. The topological polar surface area (TPSA) is 55.8 Å². The maximum Gasteiger partial charge on any atom is 0.239 e. The molecule has 0 bridgehead atoms. The average molecular weight is 269 g/mol. The number of nitrogens with zero attached hydrogens (tertiary/aromatic N) is 2. The normalized spacial score (nSPS) is 31.2. The van der Waals surface area contributed by atoms with Gasteiger partial charge in [-0.3, -0.25) is 9.69 Å². The zero-order valence-corrected chi connectivity index (χ0v) is 12.1. The fourth-order valence-corrected chi connectivity index (χ4v) is 3.09. The minimum atomic E-state index is -0.301. The molecule has 2 rings (SSSR count). The summed E-state index contributed by atoms with van der Waals surface area (Å²) in [6.45, 7) is 8.05. The van der Waals surface area contributed by atoms with Crippen molar-refractivity contribution in [2.24, 2.45) is 0 Å². The van der Waals surface area contributed by atoms with Gasteiger partial charge < -0.3 is 15.3 Å². The molecule has 0 aromatic rings. The summed E-state index contributed by atoms with van der Waals surface area (Å²) >= 11 is 0. The van der Waals surface area contributed by atoms with Gasteiger partial charge >= 0.3 is 0 Å². The first-order valence-corrected chi connectivity index (χ1v) is 7.52. The molecule has 2 unspecified atom stereocenters. The molecule has 5 nitrogen and oxygen atoms in total. The fraction of sp³-hybridized carbons (Fsp3) is 0.929. The number of nitrogens with one attached hydrogen (secondary N) is 1. The molecule has 2 saturated heterocycles. The Balaban J connectivity index is 1.85. The molecule has 19 heavy (non-hydrogen) atoms. The second kappa shape index (κ2) is 6.68. The van der Waals surface area contributed by atoms with E-state index in [1.165, 1.54) is 6.42 Å². The van der Waals surface area contributed by atoms with Gasteiger partial charge in [-0.25, -0.2) is 0 Å². The van der Waals surface area contributed by atoms with E-state index in [2.05, 4.69) is 17.1 Å². The molecule has 0 aliphatic carbocycles. The lowest BCUT2D eigenvalue weighted by molar-refractivity contribution is -0.137. The average Bonchev–Trinajstić information content (AvgIpc) is 2.41. The lowest BCUT2D eigenvalue weighted by Gasteiger charge is -2.41. The van der Waals surface area contributed by atoms with Crippen LogP contribution in [0.15, 0.2) is 0 Å². The van der Waals surface area contributed by atoms with Crippen LogP contribution in [0.25, 0.3) is 0 Å². The van der Waals surface area contributed by atoms with Crippen molar-refractivity contribution in [3.8, 4) is 0 Å². The highest BCUT2D eigenvalue weighted by Crippen LogP contribution is 2.15. The Morgan fingerprint density at radius 3 is 2.79 bits per heavy atom. The highest BCUT2D eigenvalue weighted by molar-refractivity contribution is 5.82. The Bertz CT molecular complexity index is 303. The summed E-state index contributed by atoms with van der Waals surface area (Å²) in [6.07, 6.45) is 3.01. The SMILES string of the molecule is CC(O)CN1CCN(C(=O)[C@H]2CCCCN2)CC1C. The number of carbonyl (C=O) groups is 1. The van der Waals surface area contributed by atoms with Crippen LogP contribution in [-0.2, 0) is 4.79 Å². The van der Waals surface area contributed by atoms with E-state index in [1.807, 2.05) is 11.8 Å². The van der Waals surface area contributed by atoms with Crippen LogP contribution in [0.1, 0.15) is 33.1 Å². The molecule has 0 radical (unpaired) electrons. The minimum Gasteiger partial charge on any atom is -0.392 e. The smallest absolute Gasteiger partial charge is 0.239 e. The van der Waals surface area contributed by atoms with Gasteiger partial charge in [0.15, 0.2) is 0 Å². The van der Waals surface area contributed by atoms with E-state index in [0.717, 1.165) is 39.0 Å². The fourth-order valence-electron chi connectivity index (χ4n) is 3.09. The molecular formula is C14H27N3O2. The van der Waals surface area contributed by atoms with E-state index >= 15 is 0 Å². The van der Waals surface area contributed by atoms with Crippen molar-refractivity contribution in [2.75, 3.05) is 32.7 Å². The lowest BCUT2D eigenvalue weighted by atomic mass is 10.0. The number of rotatable bonds is 3. The second-order valence-electron chi connectivity index (χ2n) is 5.98. The van der Waals surface area contributed by atoms with Crippen LogP contribution >= 0.6 is 0 Å². The molecular weight excluding hydrogens is 242 g/mol. The van der Waals surface area contributed by atoms with Crippen LogP contribution in [0.4, 0.5) is 0 Å². The van der Waals surface area contributed by atoms with E-state index in [9.17, 15) is 9.90 Å². The van der Waals surface area contributed by atoms with Gasteiger partial charge in [0.25, 0.3) is 0 Å². The number of amides is 1. The van der Waals surface area contributed by atoms with Gasteiger partial charge in [0.05, 0.1) is 12.1 Å². The number of aliphatic hydroxyl groups is 1. The maximum absolute atomic E-state index is 12.4. The predicted molar refractivity (Wildman–Crippen MR) is 74.9 cm³/mol. The van der Waals surface area contributed by atoms with Gasteiger partial charge in [-0.2, -0.15) is 0 Å². The summed E-state index contributed by atoms with van der Waals surface area (Å²) in [6, 6.07) is 0.361. The molecule has 0 aromatic heterocycles. The first kappa shape index (κ1) is 14.8. The van der Waals surface area contributed by atoms with E-state index in [4.69, 9.17) is 0 Å². The van der Waals surface area contributed by atoms with Gasteiger partial charge in [0, 0.05) is 32.2 Å². The van der Waals surface area contributed by atoms with Crippen LogP contribution in [0.3, 0.4) is 0 Å². The molecule has 0 aromatic carbocycles. The second-order valence-corrected chi connectivity index (χ2v) is 5.98. The van der Waals surface area contributed by atoms with Gasteiger partial charge in [0.1, 0.15) is 0 Å². The number of aliphatic hydroxyl groups excluding tert-OH is 1. The van der Waals surface area contributed by atoms with Crippen LogP contribution in [0, 0.1) is 0 Å². The first-order chi connectivity index (χ1) is 9.08. The summed E-state index contributed by atoms with van der Waals surface area (Å²) in [5.74, 6) is 0.267. The Kier molecular flexibility index (Phi) is 5.19. The molecule has 2 fully saturated rings. The minimum absolute atomic E-state index is 0.0317. The van der Waals surface area contributed by atoms with E-state index in [1.54, 1.807) is 0 Å². The molecule has 3 atom stereocenters. The Hall–Kier alpha value is -0.650. The number of β-amino-alcohol motifs (C(OH)–C–C–N with tert-alkyl or cyclic N) is 1. The third-order valence-electron chi connectivity index (χ3n) is 4.18. The molecule has 1 amide bonds. The summed E-state index contributed by atoms with van der Waals surface area (Å²) in [7, 11) is 0. The highest BCUT2D eigenvalue weighted by Gasteiger charge is 2.31. The van der Waals surface area contributed by atoms with Crippen molar-refractivity contribution in [1.82, 2.24) is 15.1 Å². The first-order valence-electron chi connectivity index (χ1n) is 7.52. The lowest BCUT2D eigenvalue weighted by Crippen LogP contribution is -2.58. The predicted octanol–water partition coefficient (Wildman–Crippen LogP) is 0.0420. The maximum atomic E-state index is 12.4. The molecule has 2 aliphatic heterocycles. The van der Waals surface area contributed by atoms with Crippen molar-refractivity contribution in [1.29, 1.82) is 0 Å². The Morgan fingerprint density at radius 1 is 1.42 bits per heavy atom. The van der Waals surface area contributed by atoms with Crippen molar-refractivity contribution >= 4 is 5.91 Å². The summed E-state index contributed by atoms with van der Waals surface area (Å²) in [5.41, 5.74) is 0. The van der Waals surface area contributed by atoms with E-state index in [-0.39, 0.29) is 18.1 Å². The van der Waals surface area contributed by atoms with E-state index in [0.29, 0.717) is 12.6 Å². The monoisotopic (exact) mass is 269 g/mol. The molecule has 2 heterocycles. The van der Waals surface area contributed by atoms with Gasteiger partial charge in [-0.05, 0) is 33.2 Å². The van der Waals surface area contributed by atoms with Gasteiger partial charge in [-0.15, -0.1) is 0 Å². The van der Waals surface area contributed by atoms with Crippen LogP contribution in [0.2, 0.25) is 0 Å². The molecule has 0 spiro atoms. The molecule has 0 saturated carbocycles. The van der Waals surface area contributed by atoms with Crippen LogP contribution < -0.4 is 5.32 Å². The quantitative estimate of drug-likeness (QED) is 0.760. The largest absolute Gasteiger partial charge is 0.392 e. The number of piperidine rings is 1. The summed E-state index contributed by atoms with van der Waals surface area (Å²) in [5, 5.41) is 12.8. The van der Waals surface area contributed by atoms with Crippen LogP contribution in [0.5, 0.6) is 0 Å². The standard InChI is InChI=1S/C14H27N3O2/c1-11-9-17(8-7-16(11)10-12(2)18)14(19)13-5-3-4-6-15-13/h11-13,15,18H,3-10H2,1-2H3/t11?,12?,13-/m1/s1.